The molecule has 0 aliphatic heterocycles. The van der Waals surface area contributed by atoms with E-state index in [-0.39, 0.29) is 11.3 Å². The highest BCUT2D eigenvalue weighted by Crippen LogP contribution is 2.21. The lowest BCUT2D eigenvalue weighted by Gasteiger charge is -2.11. The summed E-state index contributed by atoms with van der Waals surface area (Å²) in [5.41, 5.74) is 1.83. The maximum atomic E-state index is 12.0. The summed E-state index contributed by atoms with van der Waals surface area (Å²) >= 11 is 2.04. The molecule has 0 saturated heterocycles. The van der Waals surface area contributed by atoms with Crippen molar-refractivity contribution in [1.29, 1.82) is 0 Å². The smallest absolute Gasteiger partial charge is 0.264 e. The van der Waals surface area contributed by atoms with Gasteiger partial charge in [-0.3, -0.25) is 4.79 Å². The molecule has 3 nitrogen and oxygen atoms in total. The van der Waals surface area contributed by atoms with Gasteiger partial charge in [-0.2, -0.15) is 0 Å². The minimum absolute atomic E-state index is 0.0266. The van der Waals surface area contributed by atoms with Crippen LogP contribution in [0.4, 0.5) is 0 Å². The second-order valence-corrected chi connectivity index (χ2v) is 4.82. The maximum Gasteiger partial charge on any atom is 0.264 e. The van der Waals surface area contributed by atoms with Crippen molar-refractivity contribution in [3.8, 4) is 17.0 Å². The highest BCUT2D eigenvalue weighted by molar-refractivity contribution is 14.1. The van der Waals surface area contributed by atoms with E-state index in [1.807, 2.05) is 53.8 Å². The molecule has 0 unspecified atom stereocenters. The van der Waals surface area contributed by atoms with E-state index in [4.69, 9.17) is 0 Å². The lowest BCUT2D eigenvalue weighted by Crippen LogP contribution is -2.22. The molecule has 0 radical (unpaired) electrons. The third-order valence-electron chi connectivity index (χ3n) is 2.61. The van der Waals surface area contributed by atoms with Crippen LogP contribution in [0, 0.1) is 3.57 Å². The van der Waals surface area contributed by atoms with E-state index >= 15 is 0 Å². The molecule has 1 N–H and O–H groups in total. The maximum absolute atomic E-state index is 12.0. The number of phenols is 1. The van der Waals surface area contributed by atoms with Crippen molar-refractivity contribution in [3.05, 3.63) is 50.3 Å². The average Bonchev–Trinajstić information content (AvgIpc) is 2.34. The van der Waals surface area contributed by atoms with Crippen LogP contribution in [0.3, 0.4) is 0 Å². The van der Waals surface area contributed by atoms with E-state index < -0.39 is 0 Å². The molecule has 2 rings (SSSR count). The molecule has 1 heterocycles. The van der Waals surface area contributed by atoms with Gasteiger partial charge in [-0.1, -0.05) is 0 Å². The van der Waals surface area contributed by atoms with E-state index in [0.717, 1.165) is 11.3 Å². The van der Waals surface area contributed by atoms with Crippen LogP contribution in [0.15, 0.2) is 41.2 Å². The van der Waals surface area contributed by atoms with Crippen molar-refractivity contribution < 1.29 is 5.11 Å². The van der Waals surface area contributed by atoms with Crippen LogP contribution in [-0.4, -0.2) is 9.67 Å². The highest BCUT2D eigenvalue weighted by atomic mass is 127. The summed E-state index contributed by atoms with van der Waals surface area (Å²) in [5, 5.41) is 9.26. The minimum Gasteiger partial charge on any atom is -0.508 e. The summed E-state index contributed by atoms with van der Waals surface area (Å²) in [7, 11) is 0. The molecule has 88 valence electrons. The summed E-state index contributed by atoms with van der Waals surface area (Å²) in [6, 6.07) is 10.6. The molecule has 17 heavy (non-hydrogen) atoms. The number of pyridine rings is 1. The normalized spacial score (nSPS) is 10.5. The number of hydrogen-bond donors (Lipinski definition) is 1. The van der Waals surface area contributed by atoms with Crippen LogP contribution >= 0.6 is 22.6 Å². The minimum atomic E-state index is 0.0266. The monoisotopic (exact) mass is 341 g/mol. The number of phenolic OH excluding ortho intramolecular Hbond substituents is 1. The largest absolute Gasteiger partial charge is 0.508 e. The van der Waals surface area contributed by atoms with Gasteiger partial charge in [-0.25, -0.2) is 0 Å². The number of rotatable bonds is 2. The second kappa shape index (κ2) is 4.91. The van der Waals surface area contributed by atoms with Gasteiger partial charge in [0.2, 0.25) is 0 Å². The molecule has 0 bridgehead atoms. The average molecular weight is 341 g/mol. The van der Waals surface area contributed by atoms with Gasteiger partial charge in [-0.05, 0) is 71.5 Å². The lowest BCUT2D eigenvalue weighted by molar-refractivity contribution is 0.475. The van der Waals surface area contributed by atoms with Crippen LogP contribution in [0.5, 0.6) is 5.75 Å². The van der Waals surface area contributed by atoms with Gasteiger partial charge in [0.1, 0.15) is 5.75 Å². The summed E-state index contributed by atoms with van der Waals surface area (Å²) in [4.78, 5) is 12.0. The Morgan fingerprint density at radius 3 is 2.41 bits per heavy atom. The Morgan fingerprint density at radius 2 is 1.82 bits per heavy atom. The van der Waals surface area contributed by atoms with Crippen molar-refractivity contribution >= 4 is 22.6 Å². The van der Waals surface area contributed by atoms with Gasteiger partial charge in [0, 0.05) is 6.54 Å². The van der Waals surface area contributed by atoms with Gasteiger partial charge in [0.15, 0.2) is 0 Å². The predicted molar refractivity (Wildman–Crippen MR) is 76.2 cm³/mol. The first-order valence-electron chi connectivity index (χ1n) is 5.32. The molecule has 0 atom stereocenters. The number of halogens is 1. The molecule has 1 aromatic carbocycles. The SMILES string of the molecule is CCn1c(-c2ccc(O)cc2)ccc(I)c1=O. The quantitative estimate of drug-likeness (QED) is 0.854. The van der Waals surface area contributed by atoms with E-state index in [2.05, 4.69) is 0 Å². The van der Waals surface area contributed by atoms with E-state index in [0.29, 0.717) is 10.1 Å². The van der Waals surface area contributed by atoms with Gasteiger partial charge in [0.05, 0.1) is 9.26 Å². The summed E-state index contributed by atoms with van der Waals surface area (Å²) in [6.45, 7) is 2.58. The first kappa shape index (κ1) is 12.2. The highest BCUT2D eigenvalue weighted by Gasteiger charge is 2.07. The van der Waals surface area contributed by atoms with Crippen molar-refractivity contribution in [1.82, 2.24) is 4.57 Å². The van der Waals surface area contributed by atoms with Crippen molar-refractivity contribution in [2.45, 2.75) is 13.5 Å². The molecular weight excluding hydrogens is 329 g/mol. The number of aromatic nitrogens is 1. The molecular formula is C13H12INO2. The fourth-order valence-corrected chi connectivity index (χ4v) is 2.22. The van der Waals surface area contributed by atoms with Crippen LogP contribution in [0.25, 0.3) is 11.3 Å². The summed E-state index contributed by atoms with van der Waals surface area (Å²) < 4.78 is 2.45. The molecule has 1 aromatic heterocycles. The van der Waals surface area contributed by atoms with Gasteiger partial charge in [0.25, 0.3) is 5.56 Å². The molecule has 4 heteroatoms. The fraction of sp³-hybridized carbons (Fsp3) is 0.154. The third-order valence-corrected chi connectivity index (χ3v) is 3.43. The van der Waals surface area contributed by atoms with E-state index in [1.165, 1.54) is 0 Å². The van der Waals surface area contributed by atoms with Crippen LogP contribution in [0.2, 0.25) is 0 Å². The third kappa shape index (κ3) is 2.36. The second-order valence-electron chi connectivity index (χ2n) is 3.66. The Kier molecular flexibility index (Phi) is 3.51. The number of nitrogens with zero attached hydrogens (tertiary/aromatic N) is 1. The Morgan fingerprint density at radius 1 is 1.18 bits per heavy atom. The fourth-order valence-electron chi connectivity index (χ4n) is 1.75. The Labute approximate surface area is 113 Å². The topological polar surface area (TPSA) is 42.2 Å². The van der Waals surface area contributed by atoms with Crippen molar-refractivity contribution in [2.75, 3.05) is 0 Å². The van der Waals surface area contributed by atoms with Crippen molar-refractivity contribution in [3.63, 3.8) is 0 Å². The molecule has 0 aliphatic carbocycles. The van der Waals surface area contributed by atoms with E-state index in [9.17, 15) is 9.90 Å². The summed E-state index contributed by atoms with van der Waals surface area (Å²) in [5.74, 6) is 0.227. The van der Waals surface area contributed by atoms with Crippen LogP contribution in [-0.2, 0) is 6.54 Å². The predicted octanol–water partition coefficient (Wildman–Crippen LogP) is 2.85. The van der Waals surface area contributed by atoms with Gasteiger partial charge < -0.3 is 9.67 Å². The lowest BCUT2D eigenvalue weighted by atomic mass is 10.1. The molecule has 0 spiro atoms. The first-order chi connectivity index (χ1) is 8.13. The molecule has 0 fully saturated rings. The number of benzene rings is 1. The van der Waals surface area contributed by atoms with Crippen LogP contribution < -0.4 is 5.56 Å². The van der Waals surface area contributed by atoms with Crippen LogP contribution in [0.1, 0.15) is 6.92 Å². The van der Waals surface area contributed by atoms with Gasteiger partial charge >= 0.3 is 0 Å². The zero-order valence-corrected chi connectivity index (χ0v) is 11.5. The first-order valence-corrected chi connectivity index (χ1v) is 6.40. The van der Waals surface area contributed by atoms with E-state index in [1.54, 1.807) is 16.7 Å². The standard InChI is InChI=1S/C13H12INO2/c1-2-15-12(8-7-11(14)13(15)17)9-3-5-10(16)6-4-9/h3-8,16H,2H2,1H3. The van der Waals surface area contributed by atoms with Crippen molar-refractivity contribution in [2.24, 2.45) is 0 Å². The molecule has 2 aromatic rings. The zero-order chi connectivity index (χ0) is 12.4. The molecule has 0 aliphatic rings. The number of hydrogen-bond acceptors (Lipinski definition) is 2. The Hall–Kier alpha value is -1.30. The molecule has 0 amide bonds. The summed E-state index contributed by atoms with van der Waals surface area (Å²) in [6.07, 6.45) is 0. The Bertz CT molecular complexity index is 587. The molecule has 0 saturated carbocycles. The number of aromatic hydroxyl groups is 1. The Balaban J connectivity index is 2.63. The zero-order valence-electron chi connectivity index (χ0n) is 9.35. The van der Waals surface area contributed by atoms with Gasteiger partial charge in [-0.15, -0.1) is 0 Å².